The minimum absolute atomic E-state index is 0.0465. The normalized spacial score (nSPS) is 30.9. The molecule has 3 aromatic rings. The van der Waals surface area contributed by atoms with Gasteiger partial charge in [-0.15, -0.1) is 0 Å². The SMILES string of the molecule is C[C@H](CCNC(=O)CCC(CP(=O)(OCc1ccccc1)OCc1ccccc1)C(=O)OCc1ccccc1)[C@H]1CCC2C3C(CC[C@@]21C)[C@@]1(C)CC[C@@H](O)C[C@H]1C[C@@H]3O. The van der Waals surface area contributed by atoms with Gasteiger partial charge in [0.2, 0.25) is 5.91 Å². The lowest BCUT2D eigenvalue weighted by molar-refractivity contribution is -0.174. The second-order valence-electron chi connectivity index (χ2n) is 19.2. The van der Waals surface area contributed by atoms with Gasteiger partial charge < -0.3 is 29.3 Å². The third kappa shape index (κ3) is 10.5. The van der Waals surface area contributed by atoms with E-state index < -0.39 is 19.5 Å². The second-order valence-corrected chi connectivity index (χ2v) is 21.3. The Bertz CT molecular complexity index is 1850. The summed E-state index contributed by atoms with van der Waals surface area (Å²) in [6.45, 7) is 7.96. The van der Waals surface area contributed by atoms with Crippen LogP contribution in [0.25, 0.3) is 0 Å². The lowest BCUT2D eigenvalue weighted by Gasteiger charge is -2.62. The van der Waals surface area contributed by atoms with Crippen LogP contribution in [0.15, 0.2) is 91.0 Å². The average molecular weight is 842 g/mol. The van der Waals surface area contributed by atoms with Gasteiger partial charge >= 0.3 is 13.6 Å². The van der Waals surface area contributed by atoms with Crippen LogP contribution < -0.4 is 5.32 Å². The summed E-state index contributed by atoms with van der Waals surface area (Å²) in [5.74, 6) is 1.08. The van der Waals surface area contributed by atoms with Crippen molar-refractivity contribution in [1.29, 1.82) is 0 Å². The fourth-order valence-electron chi connectivity index (χ4n) is 12.2. The Labute approximate surface area is 357 Å². The summed E-state index contributed by atoms with van der Waals surface area (Å²) in [6, 6.07) is 28.3. The van der Waals surface area contributed by atoms with E-state index in [1.165, 1.54) is 6.42 Å². The van der Waals surface area contributed by atoms with Gasteiger partial charge in [-0.1, -0.05) is 112 Å². The summed E-state index contributed by atoms with van der Waals surface area (Å²) in [4.78, 5) is 27.2. The molecule has 0 spiro atoms. The molecule has 4 unspecified atom stereocenters. The number of fused-ring (bicyclic) bond motifs is 5. The Morgan fingerprint density at radius 2 is 1.32 bits per heavy atom. The summed E-state index contributed by atoms with van der Waals surface area (Å²) in [5.41, 5.74) is 2.85. The highest BCUT2D eigenvalue weighted by molar-refractivity contribution is 7.53. The first kappa shape index (κ1) is 44.7. The van der Waals surface area contributed by atoms with E-state index in [4.69, 9.17) is 13.8 Å². The number of amides is 1. The van der Waals surface area contributed by atoms with E-state index in [1.54, 1.807) is 0 Å². The monoisotopic (exact) mass is 841 g/mol. The molecule has 4 fully saturated rings. The molecule has 0 heterocycles. The van der Waals surface area contributed by atoms with E-state index in [9.17, 15) is 24.4 Å². The van der Waals surface area contributed by atoms with Crippen LogP contribution in [-0.2, 0) is 47.8 Å². The summed E-state index contributed by atoms with van der Waals surface area (Å²) >= 11 is 0. The van der Waals surface area contributed by atoms with Gasteiger partial charge in [0.05, 0.1) is 37.5 Å². The highest BCUT2D eigenvalue weighted by Gasteiger charge is 2.62. The zero-order valence-corrected chi connectivity index (χ0v) is 36.9. The van der Waals surface area contributed by atoms with Gasteiger partial charge in [-0.3, -0.25) is 14.2 Å². The standard InChI is InChI=1S/C50H68NO8P/c1-35(42-20-21-43-47-44(24-27-50(42,43)3)49(2)26-23-41(52)29-40(49)30-45(47)53)25-28-51-46(54)22-19-39(48(55)57-31-36-13-7-4-8-14-36)34-60(56,58-32-37-15-9-5-10-16-37)59-33-38-17-11-6-12-18-38/h4-18,35,39-45,47,52-53H,19-34H2,1-3H3,(H,51,54)/t35-,39?,40+,41-,42-,43?,44?,45+,47?,49+,50-/m1/s1. The number of rotatable bonds is 18. The second kappa shape index (κ2) is 19.8. The highest BCUT2D eigenvalue weighted by atomic mass is 31.2. The minimum atomic E-state index is -3.87. The topological polar surface area (TPSA) is 131 Å². The van der Waals surface area contributed by atoms with Gasteiger partial charge in [0.15, 0.2) is 0 Å². The third-order valence-corrected chi connectivity index (χ3v) is 17.5. The molecule has 60 heavy (non-hydrogen) atoms. The first-order chi connectivity index (χ1) is 28.9. The zero-order valence-electron chi connectivity index (χ0n) is 36.0. The van der Waals surface area contributed by atoms with Crippen molar-refractivity contribution in [2.24, 2.45) is 52.3 Å². The third-order valence-electron chi connectivity index (χ3n) is 15.6. The van der Waals surface area contributed by atoms with E-state index in [2.05, 4.69) is 26.1 Å². The maximum atomic E-state index is 14.5. The summed E-state index contributed by atoms with van der Waals surface area (Å²) in [6.07, 6.45) is 8.52. The molecule has 0 aliphatic heterocycles. The first-order valence-corrected chi connectivity index (χ1v) is 24.4. The van der Waals surface area contributed by atoms with Crippen molar-refractivity contribution >= 4 is 19.5 Å². The molecule has 1 amide bonds. The average Bonchev–Trinajstić information content (AvgIpc) is 3.62. The van der Waals surface area contributed by atoms with E-state index >= 15 is 0 Å². The Morgan fingerprint density at radius 3 is 1.93 bits per heavy atom. The number of carbonyl (C=O) groups excluding carboxylic acids is 2. The Morgan fingerprint density at radius 1 is 0.750 bits per heavy atom. The fourth-order valence-corrected chi connectivity index (χ4v) is 14.1. The van der Waals surface area contributed by atoms with Crippen LogP contribution in [0, 0.1) is 52.3 Å². The van der Waals surface area contributed by atoms with Gasteiger partial charge in [0, 0.05) is 13.0 Å². The van der Waals surface area contributed by atoms with Crippen molar-refractivity contribution in [3.8, 4) is 0 Å². The molecule has 3 N–H and O–H groups in total. The molecule has 326 valence electrons. The predicted molar refractivity (Wildman–Crippen MR) is 233 cm³/mol. The molecule has 4 aliphatic carbocycles. The van der Waals surface area contributed by atoms with Crippen LogP contribution in [0.3, 0.4) is 0 Å². The fraction of sp³-hybridized carbons (Fsp3) is 0.600. The predicted octanol–water partition coefficient (Wildman–Crippen LogP) is 9.89. The summed E-state index contributed by atoms with van der Waals surface area (Å²) in [5, 5.41) is 25.3. The van der Waals surface area contributed by atoms with Crippen LogP contribution >= 0.6 is 7.60 Å². The van der Waals surface area contributed by atoms with Crippen molar-refractivity contribution in [3.05, 3.63) is 108 Å². The largest absolute Gasteiger partial charge is 0.461 e. The van der Waals surface area contributed by atoms with Gasteiger partial charge in [-0.2, -0.15) is 0 Å². The van der Waals surface area contributed by atoms with Crippen LogP contribution in [0.4, 0.5) is 0 Å². The van der Waals surface area contributed by atoms with Crippen molar-refractivity contribution in [2.75, 3.05) is 12.7 Å². The Kier molecular flexibility index (Phi) is 14.8. The summed E-state index contributed by atoms with van der Waals surface area (Å²) < 4.78 is 32.4. The number of esters is 1. The van der Waals surface area contributed by atoms with E-state index in [-0.39, 0.29) is 67.8 Å². The quantitative estimate of drug-likeness (QED) is 0.0853. The first-order valence-electron chi connectivity index (χ1n) is 22.7. The number of hydrogen-bond donors (Lipinski definition) is 3. The smallest absolute Gasteiger partial charge is 0.332 e. The molecule has 0 saturated heterocycles. The van der Waals surface area contributed by atoms with Crippen molar-refractivity contribution in [2.45, 2.75) is 123 Å². The molecular formula is C50H68NO8P. The van der Waals surface area contributed by atoms with Gasteiger partial charge in [-0.25, -0.2) is 0 Å². The molecule has 4 saturated carbocycles. The number of benzene rings is 3. The lowest BCUT2D eigenvalue weighted by Crippen LogP contribution is -2.58. The van der Waals surface area contributed by atoms with Gasteiger partial charge in [0.1, 0.15) is 6.61 Å². The molecule has 3 aromatic carbocycles. The number of aliphatic hydroxyl groups excluding tert-OH is 2. The molecule has 7 rings (SSSR count). The number of aliphatic hydroxyl groups is 2. The van der Waals surface area contributed by atoms with Crippen molar-refractivity contribution in [1.82, 2.24) is 5.32 Å². The molecule has 10 heteroatoms. The highest BCUT2D eigenvalue weighted by Crippen LogP contribution is 2.68. The number of nitrogens with one attached hydrogen (secondary N) is 1. The van der Waals surface area contributed by atoms with E-state index in [0.717, 1.165) is 68.1 Å². The van der Waals surface area contributed by atoms with Crippen LogP contribution in [0.1, 0.15) is 108 Å². The zero-order chi connectivity index (χ0) is 42.3. The van der Waals surface area contributed by atoms with Gasteiger partial charge in [0.25, 0.3) is 0 Å². The Hall–Kier alpha value is -3.33. The lowest BCUT2D eigenvalue weighted by atomic mass is 9.43. The molecule has 0 bridgehead atoms. The molecular weight excluding hydrogens is 774 g/mol. The van der Waals surface area contributed by atoms with Crippen LogP contribution in [-0.4, -0.2) is 47.0 Å². The van der Waals surface area contributed by atoms with Crippen molar-refractivity contribution in [3.63, 3.8) is 0 Å². The van der Waals surface area contributed by atoms with E-state index in [0.29, 0.717) is 42.1 Å². The van der Waals surface area contributed by atoms with Crippen LogP contribution in [0.5, 0.6) is 0 Å². The molecule has 9 nitrogen and oxygen atoms in total. The number of ether oxygens (including phenoxy) is 1. The maximum absolute atomic E-state index is 14.5. The number of hydrogen-bond acceptors (Lipinski definition) is 8. The van der Waals surface area contributed by atoms with Crippen molar-refractivity contribution < 1.29 is 38.2 Å². The van der Waals surface area contributed by atoms with Crippen LogP contribution in [0.2, 0.25) is 0 Å². The van der Waals surface area contributed by atoms with E-state index in [1.807, 2.05) is 91.0 Å². The molecule has 0 radical (unpaired) electrons. The minimum Gasteiger partial charge on any atom is -0.461 e. The van der Waals surface area contributed by atoms with Gasteiger partial charge in [-0.05, 0) is 127 Å². The molecule has 11 atom stereocenters. The molecule has 0 aromatic heterocycles. The maximum Gasteiger partial charge on any atom is 0.332 e. The molecule has 4 aliphatic rings. The summed E-state index contributed by atoms with van der Waals surface area (Å²) in [7, 11) is -3.87. The Balaban J connectivity index is 0.958. The number of carbonyl (C=O) groups is 2.